The molecule has 0 fully saturated rings. The lowest BCUT2D eigenvalue weighted by atomic mass is 10.2. The van der Waals surface area contributed by atoms with Crippen molar-refractivity contribution in [2.75, 3.05) is 0 Å². The Kier molecular flexibility index (Phi) is 3.33. The number of hydrogen-bond acceptors (Lipinski definition) is 6. The van der Waals surface area contributed by atoms with Crippen LogP contribution in [0.1, 0.15) is 11.3 Å². The van der Waals surface area contributed by atoms with Gasteiger partial charge in [0.1, 0.15) is 12.0 Å². The Balaban J connectivity index is 1.64. The molecule has 5 aromatic heterocycles. The molecule has 0 bridgehead atoms. The lowest BCUT2D eigenvalue weighted by Crippen LogP contribution is -1.98. The van der Waals surface area contributed by atoms with Crippen LogP contribution in [0.25, 0.3) is 43.5 Å². The number of rotatable bonds is 2. The van der Waals surface area contributed by atoms with Crippen molar-refractivity contribution in [3.63, 3.8) is 0 Å². The van der Waals surface area contributed by atoms with Gasteiger partial charge in [0.15, 0.2) is 16.4 Å². The van der Waals surface area contributed by atoms with Gasteiger partial charge >= 0.3 is 0 Å². The van der Waals surface area contributed by atoms with Gasteiger partial charge in [-0.2, -0.15) is 0 Å². The molecule has 1 aromatic carbocycles. The van der Waals surface area contributed by atoms with E-state index in [1.807, 2.05) is 36.4 Å². The van der Waals surface area contributed by atoms with Crippen LogP contribution < -0.4 is 0 Å². The predicted octanol–water partition coefficient (Wildman–Crippen LogP) is 4.36. The first-order chi connectivity index (χ1) is 14.2. The molecule has 0 aliphatic carbocycles. The van der Waals surface area contributed by atoms with Crippen molar-refractivity contribution < 1.29 is 0 Å². The molecule has 0 spiro atoms. The molecule has 0 unspecified atom stereocenters. The van der Waals surface area contributed by atoms with Gasteiger partial charge in [-0.3, -0.25) is 9.55 Å². The molecule has 0 N–H and O–H groups in total. The van der Waals surface area contributed by atoms with E-state index in [1.165, 1.54) is 0 Å². The summed E-state index contributed by atoms with van der Waals surface area (Å²) in [5.41, 5.74) is 5.57. The molecule has 0 saturated heterocycles. The third kappa shape index (κ3) is 2.32. The number of aryl methyl sites for hydroxylation is 1. The largest absolute Gasteiger partial charge is 0.273 e. The first-order valence-corrected chi connectivity index (χ1v) is 10.0. The fourth-order valence-electron chi connectivity index (χ4n) is 3.65. The summed E-state index contributed by atoms with van der Waals surface area (Å²) in [4.78, 5) is 18.7. The second-order valence-corrected chi connectivity index (χ2v) is 7.88. The minimum absolute atomic E-state index is 0.588. The number of pyridine rings is 1. The number of para-hydroxylation sites is 1. The van der Waals surface area contributed by atoms with E-state index in [4.69, 9.17) is 15.0 Å². The summed E-state index contributed by atoms with van der Waals surface area (Å²) in [6.07, 6.45) is 3.45. The van der Waals surface area contributed by atoms with Crippen molar-refractivity contribution in [3.05, 3.63) is 66.2 Å². The van der Waals surface area contributed by atoms with Crippen LogP contribution in [-0.4, -0.2) is 34.1 Å². The molecular weight excluding hydrogens is 382 g/mol. The summed E-state index contributed by atoms with van der Waals surface area (Å²) in [6.45, 7) is 4.19. The van der Waals surface area contributed by atoms with E-state index in [0.29, 0.717) is 5.82 Å². The van der Waals surface area contributed by atoms with Crippen LogP contribution in [0.3, 0.4) is 0 Å². The minimum atomic E-state index is 0.588. The quantitative estimate of drug-likeness (QED) is 0.434. The van der Waals surface area contributed by atoms with E-state index >= 15 is 0 Å². The summed E-state index contributed by atoms with van der Waals surface area (Å²) >= 11 is 1.66. The van der Waals surface area contributed by atoms with Crippen LogP contribution in [0, 0.1) is 13.8 Å². The van der Waals surface area contributed by atoms with E-state index in [9.17, 15) is 0 Å². The molecule has 0 atom stereocenters. The molecule has 8 heteroatoms. The molecule has 29 heavy (non-hydrogen) atoms. The van der Waals surface area contributed by atoms with Crippen molar-refractivity contribution in [2.45, 2.75) is 13.8 Å². The Bertz CT molecular complexity index is 1490. The van der Waals surface area contributed by atoms with Crippen LogP contribution in [0.5, 0.6) is 0 Å². The summed E-state index contributed by atoms with van der Waals surface area (Å²) in [5, 5.41) is 6.47. The number of benzene rings is 1. The third-order valence-corrected chi connectivity index (χ3v) is 6.22. The van der Waals surface area contributed by atoms with Gasteiger partial charge < -0.3 is 0 Å². The molecule has 0 aliphatic rings. The number of hydrogen-bond donors (Lipinski definition) is 0. The minimum Gasteiger partial charge on any atom is -0.273 e. The SMILES string of the molecule is Cc1c(C)n(-c2nc3ccccc3s2)c2ncn3nc(-c4ccccn4)nc3c12. The summed E-state index contributed by atoms with van der Waals surface area (Å²) in [6, 6.07) is 13.9. The van der Waals surface area contributed by atoms with Crippen LogP contribution in [0.2, 0.25) is 0 Å². The van der Waals surface area contributed by atoms with Gasteiger partial charge in [-0.25, -0.2) is 19.5 Å². The molecule has 0 aliphatic heterocycles. The highest BCUT2D eigenvalue weighted by Gasteiger charge is 2.21. The fraction of sp³-hybridized carbons (Fsp3) is 0.0952. The average Bonchev–Trinajstić information content (AvgIpc) is 3.43. The first-order valence-electron chi connectivity index (χ1n) is 9.21. The van der Waals surface area contributed by atoms with Crippen molar-refractivity contribution in [1.82, 2.24) is 34.1 Å². The molecule has 140 valence electrons. The predicted molar refractivity (Wildman–Crippen MR) is 113 cm³/mol. The maximum atomic E-state index is 4.83. The van der Waals surface area contributed by atoms with Crippen molar-refractivity contribution in [2.24, 2.45) is 0 Å². The molecule has 7 nitrogen and oxygen atoms in total. The third-order valence-electron chi connectivity index (χ3n) is 5.20. The Morgan fingerprint density at radius 1 is 0.897 bits per heavy atom. The summed E-state index contributed by atoms with van der Waals surface area (Å²) in [5.74, 6) is 0.588. The Labute approximate surface area is 169 Å². The molecule has 6 rings (SSSR count). The highest BCUT2D eigenvalue weighted by molar-refractivity contribution is 7.20. The van der Waals surface area contributed by atoms with E-state index in [-0.39, 0.29) is 0 Å². The topological polar surface area (TPSA) is 73.8 Å². The normalized spacial score (nSPS) is 11.8. The zero-order chi connectivity index (χ0) is 19.5. The lowest BCUT2D eigenvalue weighted by Gasteiger charge is -2.02. The molecule has 6 aromatic rings. The smallest absolute Gasteiger partial charge is 0.200 e. The van der Waals surface area contributed by atoms with Crippen molar-refractivity contribution >= 4 is 38.2 Å². The lowest BCUT2D eigenvalue weighted by molar-refractivity contribution is 0.923. The van der Waals surface area contributed by atoms with Crippen LogP contribution in [0.4, 0.5) is 0 Å². The standard InChI is InChI=1S/C21H15N7S/c1-12-13(2)28(21-24-14-7-3-4-9-16(14)29-21)19-17(12)20-25-18(26-27(20)11-23-19)15-8-5-6-10-22-15/h3-11H,1-2H3. The molecule has 0 saturated carbocycles. The number of aromatic nitrogens is 7. The zero-order valence-electron chi connectivity index (χ0n) is 15.7. The zero-order valence-corrected chi connectivity index (χ0v) is 16.6. The average molecular weight is 397 g/mol. The van der Waals surface area contributed by atoms with Gasteiger partial charge in [0.05, 0.1) is 15.6 Å². The fourth-order valence-corrected chi connectivity index (χ4v) is 4.67. The maximum absolute atomic E-state index is 4.83. The van der Waals surface area contributed by atoms with Gasteiger partial charge in [-0.1, -0.05) is 29.5 Å². The number of nitrogens with zero attached hydrogens (tertiary/aromatic N) is 7. The summed E-state index contributed by atoms with van der Waals surface area (Å²) in [7, 11) is 0. The van der Waals surface area contributed by atoms with E-state index < -0.39 is 0 Å². The molecular formula is C21H15N7S. The Morgan fingerprint density at radius 3 is 2.59 bits per heavy atom. The summed E-state index contributed by atoms with van der Waals surface area (Å²) < 4.78 is 4.99. The molecule has 5 heterocycles. The van der Waals surface area contributed by atoms with Crippen molar-refractivity contribution in [1.29, 1.82) is 0 Å². The van der Waals surface area contributed by atoms with Gasteiger partial charge in [0, 0.05) is 11.9 Å². The van der Waals surface area contributed by atoms with Gasteiger partial charge in [-0.15, -0.1) is 5.10 Å². The molecule has 0 radical (unpaired) electrons. The van der Waals surface area contributed by atoms with E-state index in [2.05, 4.69) is 34.6 Å². The second-order valence-electron chi connectivity index (χ2n) is 6.87. The molecule has 0 amide bonds. The van der Waals surface area contributed by atoms with Crippen LogP contribution in [-0.2, 0) is 0 Å². The monoisotopic (exact) mass is 397 g/mol. The number of fused-ring (bicyclic) bond motifs is 4. The number of thiazole rings is 1. The highest BCUT2D eigenvalue weighted by atomic mass is 32.1. The van der Waals surface area contributed by atoms with Gasteiger partial charge in [-0.05, 0) is 43.7 Å². The Morgan fingerprint density at radius 2 is 1.76 bits per heavy atom. The van der Waals surface area contributed by atoms with Crippen molar-refractivity contribution in [3.8, 4) is 16.6 Å². The Hall–Kier alpha value is -3.65. The second kappa shape index (κ2) is 5.92. The van der Waals surface area contributed by atoms with Gasteiger partial charge in [0.25, 0.3) is 0 Å². The van der Waals surface area contributed by atoms with E-state index in [1.54, 1.807) is 28.4 Å². The first kappa shape index (κ1) is 16.3. The van der Waals surface area contributed by atoms with Crippen LogP contribution >= 0.6 is 11.3 Å². The van der Waals surface area contributed by atoms with E-state index in [0.717, 1.165) is 49.0 Å². The maximum Gasteiger partial charge on any atom is 0.200 e. The van der Waals surface area contributed by atoms with Gasteiger partial charge in [0.2, 0.25) is 5.82 Å². The highest BCUT2D eigenvalue weighted by Crippen LogP contribution is 2.33. The van der Waals surface area contributed by atoms with Crippen LogP contribution in [0.15, 0.2) is 55.0 Å².